The average Bonchev–Trinajstić information content (AvgIpc) is 2.38. The van der Waals surface area contributed by atoms with Gasteiger partial charge in [0.2, 0.25) is 0 Å². The highest BCUT2D eigenvalue weighted by molar-refractivity contribution is 6.29. The average molecular weight is 249 g/mol. The predicted octanol–water partition coefficient (Wildman–Crippen LogP) is 3.36. The summed E-state index contributed by atoms with van der Waals surface area (Å²) < 4.78 is 5.28. The van der Waals surface area contributed by atoms with Crippen LogP contribution >= 0.6 is 11.6 Å². The zero-order valence-electron chi connectivity index (χ0n) is 9.48. The van der Waals surface area contributed by atoms with Crippen LogP contribution in [0.15, 0.2) is 42.6 Å². The molecule has 0 unspecified atom stereocenters. The molecule has 3 nitrogen and oxygen atoms in total. The van der Waals surface area contributed by atoms with Gasteiger partial charge in [0, 0.05) is 12.1 Å². The van der Waals surface area contributed by atoms with Gasteiger partial charge < -0.3 is 10.1 Å². The van der Waals surface area contributed by atoms with E-state index >= 15 is 0 Å². The van der Waals surface area contributed by atoms with Crippen LogP contribution in [0.5, 0.6) is 5.75 Å². The summed E-state index contributed by atoms with van der Waals surface area (Å²) >= 11 is 5.72. The summed E-state index contributed by atoms with van der Waals surface area (Å²) in [4.78, 5) is 4.01. The second-order valence-corrected chi connectivity index (χ2v) is 3.92. The van der Waals surface area contributed by atoms with Crippen molar-refractivity contribution in [3.05, 3.63) is 53.3 Å². The highest BCUT2D eigenvalue weighted by Gasteiger charge is 2.01. The van der Waals surface area contributed by atoms with Crippen LogP contribution in [0.1, 0.15) is 5.56 Å². The van der Waals surface area contributed by atoms with Crippen LogP contribution in [-0.2, 0) is 6.54 Å². The zero-order valence-corrected chi connectivity index (χ0v) is 10.2. The number of nitrogens with zero attached hydrogens (tertiary/aromatic N) is 1. The number of anilines is 1. The van der Waals surface area contributed by atoms with Crippen LogP contribution in [0, 0.1) is 0 Å². The third-order valence-electron chi connectivity index (χ3n) is 2.40. The molecule has 0 fully saturated rings. The van der Waals surface area contributed by atoms with Crippen LogP contribution < -0.4 is 10.1 Å². The first-order valence-corrected chi connectivity index (χ1v) is 5.64. The molecule has 1 heterocycles. The number of rotatable bonds is 4. The molecule has 0 bridgehead atoms. The first kappa shape index (κ1) is 11.7. The molecule has 2 aromatic rings. The number of hydrogen-bond acceptors (Lipinski definition) is 3. The van der Waals surface area contributed by atoms with Crippen molar-refractivity contribution >= 4 is 17.3 Å². The van der Waals surface area contributed by atoms with E-state index in [2.05, 4.69) is 10.3 Å². The summed E-state index contributed by atoms with van der Waals surface area (Å²) in [6.45, 7) is 0.688. The van der Waals surface area contributed by atoms with Gasteiger partial charge in [-0.05, 0) is 18.2 Å². The Morgan fingerprint density at radius 1 is 1.24 bits per heavy atom. The van der Waals surface area contributed by atoms with Crippen molar-refractivity contribution in [1.82, 2.24) is 4.98 Å². The van der Waals surface area contributed by atoms with Gasteiger partial charge in [0.15, 0.2) is 0 Å². The molecule has 1 N–H and O–H groups in total. The van der Waals surface area contributed by atoms with E-state index in [0.717, 1.165) is 17.0 Å². The number of para-hydroxylation sites is 1. The lowest BCUT2D eigenvalue weighted by molar-refractivity contribution is 0.410. The van der Waals surface area contributed by atoms with Gasteiger partial charge in [0.1, 0.15) is 10.9 Å². The Balaban J connectivity index is 2.04. The maximum atomic E-state index is 5.72. The number of benzene rings is 1. The minimum absolute atomic E-state index is 0.493. The number of aromatic nitrogens is 1. The molecule has 0 atom stereocenters. The van der Waals surface area contributed by atoms with Crippen LogP contribution in [0.2, 0.25) is 5.15 Å². The summed E-state index contributed by atoms with van der Waals surface area (Å²) in [6.07, 6.45) is 1.71. The maximum Gasteiger partial charge on any atom is 0.129 e. The minimum atomic E-state index is 0.493. The summed E-state index contributed by atoms with van der Waals surface area (Å²) in [5.41, 5.74) is 2.03. The number of methoxy groups -OCH3 is 1. The van der Waals surface area contributed by atoms with Crippen molar-refractivity contribution in [2.75, 3.05) is 12.4 Å². The SMILES string of the molecule is COc1ccccc1CNc1ccc(Cl)nc1. The van der Waals surface area contributed by atoms with Crippen molar-refractivity contribution < 1.29 is 4.74 Å². The molecule has 88 valence electrons. The standard InChI is InChI=1S/C13H13ClN2O/c1-17-12-5-3-2-4-10(12)8-15-11-6-7-13(14)16-9-11/h2-7,9,15H,8H2,1H3. The number of hydrogen-bond donors (Lipinski definition) is 1. The zero-order chi connectivity index (χ0) is 12.1. The highest BCUT2D eigenvalue weighted by Crippen LogP contribution is 2.19. The van der Waals surface area contributed by atoms with Crippen LogP contribution in [0.25, 0.3) is 0 Å². The smallest absolute Gasteiger partial charge is 0.129 e. The summed E-state index contributed by atoms with van der Waals surface area (Å²) in [7, 11) is 1.67. The van der Waals surface area contributed by atoms with Gasteiger partial charge in [-0.25, -0.2) is 4.98 Å². The lowest BCUT2D eigenvalue weighted by Crippen LogP contribution is -2.01. The van der Waals surface area contributed by atoms with Crippen molar-refractivity contribution in [3.63, 3.8) is 0 Å². The first-order chi connectivity index (χ1) is 8.29. The maximum absolute atomic E-state index is 5.72. The fraction of sp³-hybridized carbons (Fsp3) is 0.154. The fourth-order valence-electron chi connectivity index (χ4n) is 1.53. The van der Waals surface area contributed by atoms with Crippen molar-refractivity contribution in [2.24, 2.45) is 0 Å². The van der Waals surface area contributed by atoms with Crippen molar-refractivity contribution in [1.29, 1.82) is 0 Å². The summed E-state index contributed by atoms with van der Waals surface area (Å²) in [5.74, 6) is 0.877. The number of ether oxygens (including phenoxy) is 1. The third kappa shape index (κ3) is 3.11. The number of nitrogens with one attached hydrogen (secondary N) is 1. The van der Waals surface area contributed by atoms with E-state index in [0.29, 0.717) is 11.7 Å². The second kappa shape index (κ2) is 5.55. The van der Waals surface area contributed by atoms with E-state index in [1.54, 1.807) is 19.4 Å². The normalized spacial score (nSPS) is 10.0. The molecule has 0 spiro atoms. The fourth-order valence-corrected chi connectivity index (χ4v) is 1.64. The van der Waals surface area contributed by atoms with Gasteiger partial charge in [-0.15, -0.1) is 0 Å². The van der Waals surface area contributed by atoms with Crippen molar-refractivity contribution in [2.45, 2.75) is 6.54 Å². The molecule has 0 saturated carbocycles. The third-order valence-corrected chi connectivity index (χ3v) is 2.63. The Bertz CT molecular complexity index is 485. The first-order valence-electron chi connectivity index (χ1n) is 5.27. The van der Waals surface area contributed by atoms with Gasteiger partial charge in [-0.2, -0.15) is 0 Å². The monoisotopic (exact) mass is 248 g/mol. The lowest BCUT2D eigenvalue weighted by atomic mass is 10.2. The summed E-state index contributed by atoms with van der Waals surface area (Å²) in [6, 6.07) is 11.6. The van der Waals surface area contributed by atoms with E-state index in [1.807, 2.05) is 30.3 Å². The van der Waals surface area contributed by atoms with Crippen LogP contribution in [0.4, 0.5) is 5.69 Å². The Morgan fingerprint density at radius 3 is 2.76 bits per heavy atom. The molecular weight excluding hydrogens is 236 g/mol. The topological polar surface area (TPSA) is 34.1 Å². The van der Waals surface area contributed by atoms with Gasteiger partial charge in [0.25, 0.3) is 0 Å². The van der Waals surface area contributed by atoms with Gasteiger partial charge in [-0.3, -0.25) is 0 Å². The van der Waals surface area contributed by atoms with Gasteiger partial charge in [0.05, 0.1) is 19.0 Å². The van der Waals surface area contributed by atoms with Crippen LogP contribution in [0.3, 0.4) is 0 Å². The Labute approximate surface area is 105 Å². The summed E-state index contributed by atoms with van der Waals surface area (Å²) in [5, 5.41) is 3.76. The van der Waals surface area contributed by atoms with Crippen molar-refractivity contribution in [3.8, 4) is 5.75 Å². The molecule has 0 radical (unpaired) electrons. The van der Waals surface area contributed by atoms with Gasteiger partial charge in [-0.1, -0.05) is 29.8 Å². The number of halogens is 1. The molecule has 1 aromatic carbocycles. The Morgan fingerprint density at radius 2 is 2.06 bits per heavy atom. The predicted molar refractivity (Wildman–Crippen MR) is 69.6 cm³/mol. The molecule has 0 aliphatic heterocycles. The molecule has 0 aliphatic rings. The second-order valence-electron chi connectivity index (χ2n) is 3.53. The van der Waals surface area contributed by atoms with E-state index in [4.69, 9.17) is 16.3 Å². The minimum Gasteiger partial charge on any atom is -0.496 e. The van der Waals surface area contributed by atoms with E-state index < -0.39 is 0 Å². The molecule has 2 rings (SSSR count). The van der Waals surface area contributed by atoms with E-state index in [9.17, 15) is 0 Å². The Hall–Kier alpha value is -1.74. The Kier molecular flexibility index (Phi) is 3.83. The number of pyridine rings is 1. The van der Waals surface area contributed by atoms with E-state index in [1.165, 1.54) is 0 Å². The van der Waals surface area contributed by atoms with Gasteiger partial charge >= 0.3 is 0 Å². The molecule has 0 saturated heterocycles. The lowest BCUT2D eigenvalue weighted by Gasteiger charge is -2.10. The molecule has 17 heavy (non-hydrogen) atoms. The molecule has 4 heteroatoms. The largest absolute Gasteiger partial charge is 0.496 e. The van der Waals surface area contributed by atoms with E-state index in [-0.39, 0.29) is 0 Å². The molecule has 0 amide bonds. The molecule has 0 aliphatic carbocycles. The quantitative estimate of drug-likeness (QED) is 0.843. The van der Waals surface area contributed by atoms with Crippen LogP contribution in [-0.4, -0.2) is 12.1 Å². The highest BCUT2D eigenvalue weighted by atomic mass is 35.5. The molecular formula is C13H13ClN2O. The molecule has 1 aromatic heterocycles.